The van der Waals surface area contributed by atoms with E-state index in [1.807, 2.05) is 36.4 Å². The van der Waals surface area contributed by atoms with Crippen LogP contribution in [0.4, 0.5) is 15.9 Å². The molecular formula is C29H31FN4O2S. The molecule has 5 rings (SSSR count). The normalized spacial score (nSPS) is 14.1. The summed E-state index contributed by atoms with van der Waals surface area (Å²) in [5, 5.41) is 4.32. The predicted octanol–water partition coefficient (Wildman–Crippen LogP) is 6.49. The van der Waals surface area contributed by atoms with Gasteiger partial charge < -0.3 is 5.32 Å². The molecule has 3 aromatic carbocycles. The summed E-state index contributed by atoms with van der Waals surface area (Å²) in [4.78, 5) is 8.84. The lowest BCUT2D eigenvalue weighted by Crippen LogP contribution is -2.26. The third-order valence-corrected chi connectivity index (χ3v) is 6.95. The fourth-order valence-electron chi connectivity index (χ4n) is 4.52. The van der Waals surface area contributed by atoms with Crippen molar-refractivity contribution >= 4 is 32.4 Å². The lowest BCUT2D eigenvalue weighted by Gasteiger charge is -2.22. The Morgan fingerprint density at radius 3 is 2.38 bits per heavy atom. The van der Waals surface area contributed by atoms with E-state index < -0.39 is 10.0 Å². The van der Waals surface area contributed by atoms with Crippen LogP contribution in [0.2, 0.25) is 0 Å². The quantitative estimate of drug-likeness (QED) is 0.292. The van der Waals surface area contributed by atoms with Crippen molar-refractivity contribution in [3.05, 3.63) is 83.4 Å². The van der Waals surface area contributed by atoms with Crippen molar-refractivity contribution in [3.8, 4) is 11.1 Å². The molecule has 0 saturated heterocycles. The van der Waals surface area contributed by atoms with Gasteiger partial charge in [-0.05, 0) is 97.7 Å². The zero-order valence-corrected chi connectivity index (χ0v) is 22.3. The van der Waals surface area contributed by atoms with Crippen LogP contribution in [0.5, 0.6) is 0 Å². The SMILES string of the molecule is CC(C)(C)Nc1ncnc2ccc(-c3ccc(F)c(Cc4cc(C5CC5)ccc4NS(C)(=O)=O)c3)cc12. The van der Waals surface area contributed by atoms with Gasteiger partial charge in [0.25, 0.3) is 0 Å². The van der Waals surface area contributed by atoms with Crippen LogP contribution in [-0.4, -0.2) is 30.2 Å². The third-order valence-electron chi connectivity index (χ3n) is 6.36. The lowest BCUT2D eigenvalue weighted by atomic mass is 9.95. The number of benzene rings is 3. The molecule has 0 aliphatic heterocycles. The van der Waals surface area contributed by atoms with Crippen LogP contribution in [0.25, 0.3) is 22.0 Å². The monoisotopic (exact) mass is 518 g/mol. The van der Waals surface area contributed by atoms with Gasteiger partial charge in [-0.15, -0.1) is 0 Å². The number of nitrogens with zero attached hydrogens (tertiary/aromatic N) is 2. The first-order valence-electron chi connectivity index (χ1n) is 12.4. The maximum Gasteiger partial charge on any atom is 0.229 e. The second kappa shape index (κ2) is 9.41. The largest absolute Gasteiger partial charge is 0.365 e. The van der Waals surface area contributed by atoms with Crippen molar-refractivity contribution in [2.45, 2.75) is 51.5 Å². The van der Waals surface area contributed by atoms with E-state index in [4.69, 9.17) is 0 Å². The highest BCUT2D eigenvalue weighted by molar-refractivity contribution is 7.92. The van der Waals surface area contributed by atoms with Gasteiger partial charge in [0.15, 0.2) is 0 Å². The zero-order chi connectivity index (χ0) is 26.4. The van der Waals surface area contributed by atoms with Crippen LogP contribution in [0.1, 0.15) is 56.2 Å². The third kappa shape index (κ3) is 6.07. The van der Waals surface area contributed by atoms with E-state index in [-0.39, 0.29) is 17.8 Å². The number of hydrogen-bond acceptors (Lipinski definition) is 5. The van der Waals surface area contributed by atoms with Gasteiger partial charge in [0, 0.05) is 17.3 Å². The Morgan fingerprint density at radius 2 is 1.68 bits per heavy atom. The maximum absolute atomic E-state index is 15.0. The molecule has 0 radical (unpaired) electrons. The minimum absolute atomic E-state index is 0.174. The molecule has 4 aromatic rings. The van der Waals surface area contributed by atoms with Gasteiger partial charge in [0.2, 0.25) is 10.0 Å². The van der Waals surface area contributed by atoms with E-state index in [1.165, 1.54) is 11.6 Å². The van der Waals surface area contributed by atoms with E-state index in [1.54, 1.807) is 18.5 Å². The van der Waals surface area contributed by atoms with E-state index in [0.29, 0.717) is 17.2 Å². The van der Waals surface area contributed by atoms with Crippen molar-refractivity contribution in [3.63, 3.8) is 0 Å². The first-order chi connectivity index (χ1) is 17.4. The standard InChI is InChI=1S/C29H31FN4O2S/c1-29(2,3)33-28-24-16-21(9-12-27(24)31-17-32-28)20-7-10-25(30)22(13-20)15-23-14-19(18-5-6-18)8-11-26(23)34-37(4,35)36/h7-14,16-18,34H,5-6,15H2,1-4H3,(H,31,32,33). The number of anilines is 2. The summed E-state index contributed by atoms with van der Waals surface area (Å²) in [7, 11) is -3.47. The molecule has 0 amide bonds. The zero-order valence-electron chi connectivity index (χ0n) is 21.5. The second-order valence-corrected chi connectivity index (χ2v) is 12.6. The molecule has 1 aromatic heterocycles. The summed E-state index contributed by atoms with van der Waals surface area (Å²) in [6, 6.07) is 16.8. The Hall–Kier alpha value is -3.52. The summed E-state index contributed by atoms with van der Waals surface area (Å²) in [5.41, 5.74) is 5.33. The first kappa shape index (κ1) is 25.1. The number of sulfonamides is 1. The molecule has 6 nitrogen and oxygen atoms in total. The molecule has 192 valence electrons. The van der Waals surface area contributed by atoms with Crippen molar-refractivity contribution in [2.75, 3.05) is 16.3 Å². The molecule has 0 atom stereocenters. The molecule has 0 bridgehead atoms. The molecule has 0 unspecified atom stereocenters. The number of nitrogens with one attached hydrogen (secondary N) is 2. The van der Waals surface area contributed by atoms with Crippen LogP contribution in [-0.2, 0) is 16.4 Å². The molecule has 1 aliphatic rings. The number of halogens is 1. The molecule has 1 saturated carbocycles. The Bertz CT molecular complexity index is 1590. The highest BCUT2D eigenvalue weighted by Crippen LogP contribution is 2.41. The predicted molar refractivity (Wildman–Crippen MR) is 148 cm³/mol. The summed E-state index contributed by atoms with van der Waals surface area (Å²) in [5.74, 6) is 0.915. The highest BCUT2D eigenvalue weighted by atomic mass is 32.2. The Kier molecular flexibility index (Phi) is 6.40. The van der Waals surface area contributed by atoms with Crippen LogP contribution in [0.15, 0.2) is 60.9 Å². The maximum atomic E-state index is 15.0. The number of fused-ring (bicyclic) bond motifs is 1. The minimum atomic E-state index is -3.47. The van der Waals surface area contributed by atoms with Crippen molar-refractivity contribution < 1.29 is 12.8 Å². The van der Waals surface area contributed by atoms with Crippen molar-refractivity contribution in [2.24, 2.45) is 0 Å². The van der Waals surface area contributed by atoms with Crippen LogP contribution in [0, 0.1) is 5.82 Å². The smallest absolute Gasteiger partial charge is 0.229 e. The topological polar surface area (TPSA) is 84.0 Å². The average molecular weight is 519 g/mol. The molecular weight excluding hydrogens is 487 g/mol. The first-order valence-corrected chi connectivity index (χ1v) is 14.3. The van der Waals surface area contributed by atoms with E-state index in [0.717, 1.165) is 52.5 Å². The Morgan fingerprint density at radius 1 is 0.946 bits per heavy atom. The lowest BCUT2D eigenvalue weighted by molar-refractivity contribution is 0.606. The number of aromatic nitrogens is 2. The molecule has 1 aliphatic carbocycles. The van der Waals surface area contributed by atoms with Gasteiger partial charge in [0.1, 0.15) is 18.0 Å². The van der Waals surface area contributed by atoms with Crippen LogP contribution in [0.3, 0.4) is 0 Å². The van der Waals surface area contributed by atoms with Gasteiger partial charge in [-0.1, -0.05) is 24.3 Å². The van der Waals surface area contributed by atoms with Crippen LogP contribution >= 0.6 is 0 Å². The van der Waals surface area contributed by atoms with Gasteiger partial charge in [0.05, 0.1) is 17.5 Å². The highest BCUT2D eigenvalue weighted by Gasteiger charge is 2.24. The van der Waals surface area contributed by atoms with E-state index >= 15 is 4.39 Å². The van der Waals surface area contributed by atoms with Gasteiger partial charge in [-0.25, -0.2) is 22.8 Å². The van der Waals surface area contributed by atoms with Gasteiger partial charge >= 0.3 is 0 Å². The van der Waals surface area contributed by atoms with Crippen LogP contribution < -0.4 is 10.0 Å². The van der Waals surface area contributed by atoms with Gasteiger partial charge in [-0.3, -0.25) is 4.72 Å². The average Bonchev–Trinajstić information content (AvgIpc) is 3.65. The van der Waals surface area contributed by atoms with E-state index in [2.05, 4.69) is 40.8 Å². The molecule has 1 fully saturated rings. The Labute approximate surface area is 217 Å². The van der Waals surface area contributed by atoms with Crippen molar-refractivity contribution in [1.29, 1.82) is 0 Å². The molecule has 8 heteroatoms. The molecule has 1 heterocycles. The summed E-state index contributed by atoms with van der Waals surface area (Å²) in [6.45, 7) is 6.21. The summed E-state index contributed by atoms with van der Waals surface area (Å²) < 4.78 is 41.6. The van der Waals surface area contributed by atoms with Gasteiger partial charge in [-0.2, -0.15) is 0 Å². The fraction of sp³-hybridized carbons (Fsp3) is 0.310. The molecule has 2 N–H and O–H groups in total. The fourth-order valence-corrected chi connectivity index (χ4v) is 5.11. The molecule has 37 heavy (non-hydrogen) atoms. The summed E-state index contributed by atoms with van der Waals surface area (Å²) in [6.07, 6.45) is 5.19. The minimum Gasteiger partial charge on any atom is -0.365 e. The van der Waals surface area contributed by atoms with E-state index in [9.17, 15) is 8.42 Å². The summed E-state index contributed by atoms with van der Waals surface area (Å²) >= 11 is 0. The number of hydrogen-bond donors (Lipinski definition) is 2. The number of rotatable bonds is 7. The second-order valence-electron chi connectivity index (χ2n) is 10.9. The Balaban J connectivity index is 1.53. The molecule has 0 spiro atoms. The van der Waals surface area contributed by atoms with Crippen molar-refractivity contribution in [1.82, 2.24) is 9.97 Å².